The van der Waals surface area contributed by atoms with Crippen molar-refractivity contribution in [2.24, 2.45) is 11.3 Å². The number of anilines is 1. The van der Waals surface area contributed by atoms with Crippen molar-refractivity contribution in [3.63, 3.8) is 0 Å². The normalized spacial score (nSPS) is 19.2. The van der Waals surface area contributed by atoms with Crippen LogP contribution in [0.1, 0.15) is 33.6 Å². The third kappa shape index (κ3) is 4.03. The van der Waals surface area contributed by atoms with Crippen LogP contribution in [-0.4, -0.2) is 34.8 Å². The Kier molecular flexibility index (Phi) is 4.60. The van der Waals surface area contributed by atoms with Crippen molar-refractivity contribution in [2.45, 2.75) is 33.6 Å². The average Bonchev–Trinajstić information content (AvgIpc) is 2.46. The summed E-state index contributed by atoms with van der Waals surface area (Å²) in [5.41, 5.74) is 0.345. The Bertz CT molecular complexity index is 508. The first kappa shape index (κ1) is 15.5. The summed E-state index contributed by atoms with van der Waals surface area (Å²) in [6.45, 7) is 6.99. The number of carbonyl (C=O) groups is 2. The molecule has 0 bridgehead atoms. The van der Waals surface area contributed by atoms with Gasteiger partial charge in [-0.3, -0.25) is 14.6 Å². The lowest BCUT2D eigenvalue weighted by Crippen LogP contribution is -2.47. The highest BCUT2D eigenvalue weighted by Gasteiger charge is 2.33. The highest BCUT2D eigenvalue weighted by molar-refractivity contribution is 5.93. The van der Waals surface area contributed by atoms with Crippen LogP contribution in [0, 0.1) is 11.3 Å². The van der Waals surface area contributed by atoms with Crippen molar-refractivity contribution >= 4 is 17.5 Å². The molecule has 2 rings (SSSR count). The molecule has 2 heterocycles. The monoisotopic (exact) mass is 289 g/mol. The molecule has 1 aromatic rings. The van der Waals surface area contributed by atoms with E-state index in [4.69, 9.17) is 0 Å². The summed E-state index contributed by atoms with van der Waals surface area (Å²) in [6, 6.07) is 3.53. The molecule has 2 amide bonds. The van der Waals surface area contributed by atoms with Gasteiger partial charge in [0.1, 0.15) is 0 Å². The molecule has 21 heavy (non-hydrogen) atoms. The largest absolute Gasteiger partial charge is 0.341 e. The van der Waals surface area contributed by atoms with Gasteiger partial charge in [0.15, 0.2) is 0 Å². The smallest absolute Gasteiger partial charge is 0.229 e. The molecule has 0 unspecified atom stereocenters. The van der Waals surface area contributed by atoms with E-state index >= 15 is 0 Å². The number of hydrogen-bond donors (Lipinski definition) is 1. The molecular formula is C16H23N3O2. The van der Waals surface area contributed by atoms with Gasteiger partial charge in [0, 0.05) is 36.6 Å². The van der Waals surface area contributed by atoms with Gasteiger partial charge in [-0.15, -0.1) is 0 Å². The molecule has 0 aromatic carbocycles. The van der Waals surface area contributed by atoms with Gasteiger partial charge in [-0.25, -0.2) is 0 Å². The van der Waals surface area contributed by atoms with E-state index in [2.05, 4.69) is 10.3 Å². The van der Waals surface area contributed by atoms with Gasteiger partial charge in [-0.2, -0.15) is 0 Å². The molecule has 1 atom stereocenters. The predicted octanol–water partition coefficient (Wildman–Crippen LogP) is 2.30. The maximum absolute atomic E-state index is 12.3. The third-order valence-corrected chi connectivity index (χ3v) is 3.67. The lowest BCUT2D eigenvalue weighted by atomic mass is 9.91. The van der Waals surface area contributed by atoms with Crippen LogP contribution in [0.3, 0.4) is 0 Å². The van der Waals surface area contributed by atoms with Crippen molar-refractivity contribution in [1.29, 1.82) is 0 Å². The molecule has 0 aliphatic carbocycles. The number of nitrogens with zero attached hydrogens (tertiary/aromatic N) is 2. The SMILES string of the molecule is CC(C)(C)C(=O)N1CCC[C@@H](C(=O)Nc2ccncc2)C1. The second kappa shape index (κ2) is 6.24. The maximum Gasteiger partial charge on any atom is 0.229 e. The van der Waals surface area contributed by atoms with E-state index in [0.29, 0.717) is 6.54 Å². The Labute approximate surface area is 125 Å². The zero-order valence-electron chi connectivity index (χ0n) is 12.9. The number of carbonyl (C=O) groups excluding carboxylic acids is 2. The molecule has 1 fully saturated rings. The van der Waals surface area contributed by atoms with Gasteiger partial charge in [0.25, 0.3) is 0 Å². The molecule has 0 spiro atoms. The van der Waals surface area contributed by atoms with E-state index in [9.17, 15) is 9.59 Å². The van der Waals surface area contributed by atoms with Gasteiger partial charge in [0.2, 0.25) is 11.8 Å². The minimum absolute atomic E-state index is 0.0207. The van der Waals surface area contributed by atoms with Gasteiger partial charge >= 0.3 is 0 Å². The molecule has 0 saturated carbocycles. The first-order valence-electron chi connectivity index (χ1n) is 7.38. The minimum Gasteiger partial charge on any atom is -0.341 e. The second-order valence-corrected chi connectivity index (χ2v) is 6.57. The number of aromatic nitrogens is 1. The Morgan fingerprint density at radius 3 is 2.57 bits per heavy atom. The molecule has 5 nitrogen and oxygen atoms in total. The number of hydrogen-bond acceptors (Lipinski definition) is 3. The van der Waals surface area contributed by atoms with E-state index in [1.165, 1.54) is 0 Å². The van der Waals surface area contributed by atoms with Crippen molar-refractivity contribution in [3.8, 4) is 0 Å². The molecule has 5 heteroatoms. The molecule has 1 aromatic heterocycles. The quantitative estimate of drug-likeness (QED) is 0.908. The fourth-order valence-electron chi connectivity index (χ4n) is 2.53. The number of nitrogens with one attached hydrogen (secondary N) is 1. The van der Waals surface area contributed by atoms with Crippen molar-refractivity contribution in [2.75, 3.05) is 18.4 Å². The molecule has 1 aliphatic heterocycles. The number of amides is 2. The fourth-order valence-corrected chi connectivity index (χ4v) is 2.53. The maximum atomic E-state index is 12.3. The predicted molar refractivity (Wildman–Crippen MR) is 81.6 cm³/mol. The van der Waals surface area contributed by atoms with Crippen LogP contribution < -0.4 is 5.32 Å². The molecular weight excluding hydrogens is 266 g/mol. The lowest BCUT2D eigenvalue weighted by Gasteiger charge is -2.35. The van der Waals surface area contributed by atoms with Gasteiger partial charge < -0.3 is 10.2 Å². The summed E-state index contributed by atoms with van der Waals surface area (Å²) in [6.07, 6.45) is 4.99. The van der Waals surface area contributed by atoms with Crippen LogP contribution in [0.5, 0.6) is 0 Å². The van der Waals surface area contributed by atoms with E-state index in [-0.39, 0.29) is 17.7 Å². The average molecular weight is 289 g/mol. The van der Waals surface area contributed by atoms with Gasteiger partial charge in [-0.05, 0) is 25.0 Å². The first-order valence-corrected chi connectivity index (χ1v) is 7.38. The van der Waals surface area contributed by atoms with Crippen LogP contribution in [0.25, 0.3) is 0 Å². The number of likely N-dealkylation sites (tertiary alicyclic amines) is 1. The number of pyridine rings is 1. The summed E-state index contributed by atoms with van der Waals surface area (Å²) in [5.74, 6) is -0.0465. The van der Waals surface area contributed by atoms with Crippen LogP contribution in [0.2, 0.25) is 0 Å². The van der Waals surface area contributed by atoms with Crippen molar-refractivity contribution in [3.05, 3.63) is 24.5 Å². The number of rotatable bonds is 2. The summed E-state index contributed by atoms with van der Waals surface area (Å²) in [5, 5.41) is 2.89. The summed E-state index contributed by atoms with van der Waals surface area (Å²) < 4.78 is 0. The van der Waals surface area contributed by atoms with Crippen LogP contribution >= 0.6 is 0 Å². The first-order chi connectivity index (χ1) is 9.88. The van der Waals surface area contributed by atoms with E-state index in [0.717, 1.165) is 25.1 Å². The Hall–Kier alpha value is -1.91. The Morgan fingerprint density at radius 1 is 1.29 bits per heavy atom. The zero-order valence-corrected chi connectivity index (χ0v) is 12.9. The minimum atomic E-state index is -0.399. The van der Waals surface area contributed by atoms with Crippen LogP contribution in [0.15, 0.2) is 24.5 Å². The van der Waals surface area contributed by atoms with E-state index in [1.807, 2.05) is 25.7 Å². The van der Waals surface area contributed by atoms with Crippen molar-refractivity contribution < 1.29 is 9.59 Å². The lowest BCUT2D eigenvalue weighted by molar-refractivity contribution is -0.142. The summed E-state index contributed by atoms with van der Waals surface area (Å²) in [4.78, 5) is 30.4. The zero-order chi connectivity index (χ0) is 15.5. The molecule has 114 valence electrons. The molecule has 1 N–H and O–H groups in total. The topological polar surface area (TPSA) is 62.3 Å². The molecule has 0 radical (unpaired) electrons. The van der Waals surface area contributed by atoms with Gasteiger partial charge in [-0.1, -0.05) is 20.8 Å². The van der Waals surface area contributed by atoms with Gasteiger partial charge in [0.05, 0.1) is 5.92 Å². The van der Waals surface area contributed by atoms with Crippen LogP contribution in [-0.2, 0) is 9.59 Å². The highest BCUT2D eigenvalue weighted by atomic mass is 16.2. The fraction of sp³-hybridized carbons (Fsp3) is 0.562. The Balaban J connectivity index is 1.98. The molecule has 1 aliphatic rings. The standard InChI is InChI=1S/C16H23N3O2/c1-16(2,3)15(21)19-10-4-5-12(11-19)14(20)18-13-6-8-17-9-7-13/h6-9,12H,4-5,10-11H2,1-3H3,(H,17,18,20)/t12-/m1/s1. The molecule has 1 saturated heterocycles. The highest BCUT2D eigenvalue weighted by Crippen LogP contribution is 2.24. The summed E-state index contributed by atoms with van der Waals surface area (Å²) in [7, 11) is 0. The van der Waals surface area contributed by atoms with E-state index < -0.39 is 5.41 Å². The van der Waals surface area contributed by atoms with Crippen LogP contribution in [0.4, 0.5) is 5.69 Å². The third-order valence-electron chi connectivity index (χ3n) is 3.67. The number of piperidine rings is 1. The summed E-state index contributed by atoms with van der Waals surface area (Å²) >= 11 is 0. The van der Waals surface area contributed by atoms with E-state index in [1.54, 1.807) is 24.5 Å². The second-order valence-electron chi connectivity index (χ2n) is 6.57. The van der Waals surface area contributed by atoms with Crippen molar-refractivity contribution in [1.82, 2.24) is 9.88 Å². The Morgan fingerprint density at radius 2 is 1.95 bits per heavy atom.